The SMILES string of the molecule is Cc1cc(CC(C)Nc2nc(-c3ccccn3)nc3c2CCNC3)n[nH]1. The second kappa shape index (κ2) is 7.21. The predicted molar refractivity (Wildman–Crippen MR) is 101 cm³/mol. The van der Waals surface area contributed by atoms with Crippen LogP contribution in [0.5, 0.6) is 0 Å². The molecule has 0 aromatic carbocycles. The highest BCUT2D eigenvalue weighted by atomic mass is 15.1. The Bertz CT molecular complexity index is 888. The molecular formula is C19H23N7. The Morgan fingerprint density at radius 2 is 2.19 bits per heavy atom. The molecule has 3 aromatic heterocycles. The van der Waals surface area contributed by atoms with Crippen molar-refractivity contribution in [1.29, 1.82) is 0 Å². The van der Waals surface area contributed by atoms with E-state index in [0.717, 1.165) is 54.5 Å². The number of nitrogens with one attached hydrogen (secondary N) is 3. The quantitative estimate of drug-likeness (QED) is 0.654. The fourth-order valence-electron chi connectivity index (χ4n) is 3.27. The summed E-state index contributed by atoms with van der Waals surface area (Å²) in [5, 5.41) is 14.3. The second-order valence-corrected chi connectivity index (χ2v) is 6.75. The number of aryl methyl sites for hydroxylation is 1. The van der Waals surface area contributed by atoms with Crippen LogP contribution in [0.4, 0.5) is 5.82 Å². The van der Waals surface area contributed by atoms with Gasteiger partial charge < -0.3 is 10.6 Å². The Balaban J connectivity index is 1.63. The van der Waals surface area contributed by atoms with Crippen LogP contribution in [0.15, 0.2) is 30.5 Å². The number of rotatable bonds is 5. The van der Waals surface area contributed by atoms with E-state index in [2.05, 4.69) is 38.8 Å². The minimum atomic E-state index is 0.211. The van der Waals surface area contributed by atoms with Crippen LogP contribution in [0, 0.1) is 6.92 Å². The molecule has 3 aromatic rings. The number of hydrogen-bond acceptors (Lipinski definition) is 6. The molecule has 1 atom stereocenters. The van der Waals surface area contributed by atoms with Gasteiger partial charge in [-0.2, -0.15) is 5.10 Å². The molecule has 1 unspecified atom stereocenters. The summed E-state index contributed by atoms with van der Waals surface area (Å²) < 4.78 is 0. The van der Waals surface area contributed by atoms with Crippen molar-refractivity contribution in [3.8, 4) is 11.5 Å². The minimum Gasteiger partial charge on any atom is -0.367 e. The largest absolute Gasteiger partial charge is 0.367 e. The highest BCUT2D eigenvalue weighted by molar-refractivity contribution is 5.57. The van der Waals surface area contributed by atoms with Crippen molar-refractivity contribution in [2.45, 2.75) is 39.3 Å². The zero-order valence-electron chi connectivity index (χ0n) is 15.1. The van der Waals surface area contributed by atoms with Crippen molar-refractivity contribution in [2.24, 2.45) is 0 Å². The maximum atomic E-state index is 4.80. The average Bonchev–Trinajstić information content (AvgIpc) is 3.07. The molecule has 0 radical (unpaired) electrons. The summed E-state index contributed by atoms with van der Waals surface area (Å²) in [6.07, 6.45) is 3.53. The standard InChI is InChI=1S/C19H23N7/c1-12(9-14-10-13(2)25-26-14)22-18-15-6-8-20-11-17(15)23-19(24-18)16-5-3-4-7-21-16/h3-5,7,10,12,20H,6,8-9,11H2,1-2H3,(H,25,26)(H,22,23,24). The van der Waals surface area contributed by atoms with Crippen molar-refractivity contribution in [2.75, 3.05) is 11.9 Å². The van der Waals surface area contributed by atoms with Crippen molar-refractivity contribution in [1.82, 2.24) is 30.5 Å². The summed E-state index contributed by atoms with van der Waals surface area (Å²) in [7, 11) is 0. The second-order valence-electron chi connectivity index (χ2n) is 6.75. The zero-order valence-corrected chi connectivity index (χ0v) is 15.1. The van der Waals surface area contributed by atoms with Gasteiger partial charge in [0.1, 0.15) is 11.5 Å². The first-order chi connectivity index (χ1) is 12.7. The lowest BCUT2D eigenvalue weighted by Gasteiger charge is -2.22. The summed E-state index contributed by atoms with van der Waals surface area (Å²) in [6.45, 7) is 5.88. The predicted octanol–water partition coefficient (Wildman–Crippen LogP) is 2.26. The van der Waals surface area contributed by atoms with Crippen molar-refractivity contribution in [3.63, 3.8) is 0 Å². The summed E-state index contributed by atoms with van der Waals surface area (Å²) in [5.74, 6) is 1.58. The van der Waals surface area contributed by atoms with Gasteiger partial charge in [0.15, 0.2) is 5.82 Å². The third-order valence-electron chi connectivity index (χ3n) is 4.49. The first-order valence-electron chi connectivity index (χ1n) is 8.98. The molecular weight excluding hydrogens is 326 g/mol. The summed E-state index contributed by atoms with van der Waals surface area (Å²) >= 11 is 0. The maximum absolute atomic E-state index is 4.80. The van der Waals surface area contributed by atoms with Crippen molar-refractivity contribution in [3.05, 3.63) is 53.1 Å². The highest BCUT2D eigenvalue weighted by Crippen LogP contribution is 2.24. The molecule has 0 saturated carbocycles. The highest BCUT2D eigenvalue weighted by Gasteiger charge is 2.20. The molecule has 4 rings (SSSR count). The maximum Gasteiger partial charge on any atom is 0.180 e. The van der Waals surface area contributed by atoms with Gasteiger partial charge in [-0.3, -0.25) is 10.1 Å². The molecule has 3 N–H and O–H groups in total. The van der Waals surface area contributed by atoms with Crippen LogP contribution in [0.1, 0.15) is 29.6 Å². The zero-order chi connectivity index (χ0) is 17.9. The van der Waals surface area contributed by atoms with Crippen LogP contribution in [-0.2, 0) is 19.4 Å². The molecule has 0 saturated heterocycles. The van der Waals surface area contributed by atoms with Gasteiger partial charge >= 0.3 is 0 Å². The molecule has 7 heteroatoms. The monoisotopic (exact) mass is 349 g/mol. The Morgan fingerprint density at radius 1 is 1.27 bits per heavy atom. The summed E-state index contributed by atoms with van der Waals surface area (Å²) in [5.41, 5.74) is 5.18. The fourth-order valence-corrected chi connectivity index (χ4v) is 3.27. The molecule has 1 aliphatic rings. The van der Waals surface area contributed by atoms with E-state index < -0.39 is 0 Å². The summed E-state index contributed by atoms with van der Waals surface area (Å²) in [6, 6.07) is 8.09. The number of anilines is 1. The number of aromatic nitrogens is 5. The van der Waals surface area contributed by atoms with Gasteiger partial charge in [0.2, 0.25) is 0 Å². The Kier molecular flexibility index (Phi) is 4.62. The molecule has 134 valence electrons. The third-order valence-corrected chi connectivity index (χ3v) is 4.49. The van der Waals surface area contributed by atoms with E-state index in [1.54, 1.807) is 6.20 Å². The summed E-state index contributed by atoms with van der Waals surface area (Å²) in [4.78, 5) is 13.9. The Hall–Kier alpha value is -2.80. The van der Waals surface area contributed by atoms with E-state index in [9.17, 15) is 0 Å². The lowest BCUT2D eigenvalue weighted by molar-refractivity contribution is 0.623. The molecule has 0 bridgehead atoms. The smallest absolute Gasteiger partial charge is 0.180 e. The normalized spacial score (nSPS) is 14.7. The topological polar surface area (TPSA) is 91.4 Å². The van der Waals surface area contributed by atoms with E-state index in [1.165, 1.54) is 5.56 Å². The molecule has 0 fully saturated rings. The van der Waals surface area contributed by atoms with Crippen LogP contribution in [0.2, 0.25) is 0 Å². The van der Waals surface area contributed by atoms with Crippen LogP contribution >= 0.6 is 0 Å². The van der Waals surface area contributed by atoms with E-state index >= 15 is 0 Å². The molecule has 4 heterocycles. The van der Waals surface area contributed by atoms with Gasteiger partial charge in [0, 0.05) is 36.5 Å². The molecule has 26 heavy (non-hydrogen) atoms. The first-order valence-corrected chi connectivity index (χ1v) is 8.98. The number of nitrogens with zero attached hydrogens (tertiary/aromatic N) is 4. The molecule has 1 aliphatic heterocycles. The number of fused-ring (bicyclic) bond motifs is 1. The van der Waals surface area contributed by atoms with Gasteiger partial charge in [-0.05, 0) is 45.0 Å². The minimum absolute atomic E-state index is 0.211. The van der Waals surface area contributed by atoms with Gasteiger partial charge in [0.05, 0.1) is 11.4 Å². The number of H-pyrrole nitrogens is 1. The third kappa shape index (κ3) is 3.57. The van der Waals surface area contributed by atoms with E-state index in [-0.39, 0.29) is 6.04 Å². The van der Waals surface area contributed by atoms with E-state index in [1.807, 2.05) is 25.1 Å². The number of hydrogen-bond donors (Lipinski definition) is 3. The molecule has 0 amide bonds. The Morgan fingerprint density at radius 3 is 2.96 bits per heavy atom. The van der Waals surface area contributed by atoms with Crippen LogP contribution in [0.25, 0.3) is 11.5 Å². The molecule has 7 nitrogen and oxygen atoms in total. The average molecular weight is 349 g/mol. The molecule has 0 spiro atoms. The van der Waals surface area contributed by atoms with E-state index in [0.29, 0.717) is 5.82 Å². The lowest BCUT2D eigenvalue weighted by Crippen LogP contribution is -2.28. The van der Waals surface area contributed by atoms with Crippen molar-refractivity contribution >= 4 is 5.82 Å². The van der Waals surface area contributed by atoms with Crippen LogP contribution in [0.3, 0.4) is 0 Å². The van der Waals surface area contributed by atoms with Gasteiger partial charge in [-0.15, -0.1) is 0 Å². The number of pyridine rings is 1. The van der Waals surface area contributed by atoms with Crippen molar-refractivity contribution < 1.29 is 0 Å². The Labute approximate surface area is 152 Å². The molecule has 0 aliphatic carbocycles. The van der Waals surface area contributed by atoms with Gasteiger partial charge in [-0.1, -0.05) is 6.07 Å². The van der Waals surface area contributed by atoms with Gasteiger partial charge in [0.25, 0.3) is 0 Å². The first kappa shape index (κ1) is 16.7. The van der Waals surface area contributed by atoms with Gasteiger partial charge in [-0.25, -0.2) is 9.97 Å². The van der Waals surface area contributed by atoms with Crippen LogP contribution < -0.4 is 10.6 Å². The fraction of sp³-hybridized carbons (Fsp3) is 0.368. The van der Waals surface area contributed by atoms with Crippen LogP contribution in [-0.4, -0.2) is 37.7 Å². The lowest BCUT2D eigenvalue weighted by atomic mass is 10.1. The van der Waals surface area contributed by atoms with E-state index in [4.69, 9.17) is 9.97 Å². The number of aromatic amines is 1.